The number of rotatable bonds is 2. The molecule has 0 radical (unpaired) electrons. The maximum absolute atomic E-state index is 13.4. The van der Waals surface area contributed by atoms with E-state index < -0.39 is 5.91 Å². The van der Waals surface area contributed by atoms with Gasteiger partial charge in [-0.2, -0.15) is 0 Å². The first-order valence-corrected chi connectivity index (χ1v) is 9.56. The Labute approximate surface area is 168 Å². The third-order valence-corrected chi connectivity index (χ3v) is 5.26. The van der Waals surface area contributed by atoms with E-state index in [1.165, 1.54) is 0 Å². The number of carbonyl (C=O) groups excluding carboxylic acids is 2. The zero-order valence-corrected chi connectivity index (χ0v) is 15.9. The van der Waals surface area contributed by atoms with Gasteiger partial charge in [-0.05, 0) is 17.7 Å². The molecular formula is C21H23N3O5. The number of morpholine rings is 1. The first kappa shape index (κ1) is 19.2. The van der Waals surface area contributed by atoms with Crippen LogP contribution in [0.15, 0.2) is 48.5 Å². The monoisotopic (exact) mass is 397 g/mol. The van der Waals surface area contributed by atoms with Gasteiger partial charge in [0, 0.05) is 24.2 Å². The van der Waals surface area contributed by atoms with E-state index >= 15 is 0 Å². The molecule has 8 heteroatoms. The molecule has 2 N–H and O–H groups in total. The quantitative estimate of drug-likeness (QED) is 0.599. The highest BCUT2D eigenvalue weighted by Gasteiger charge is 2.33. The summed E-state index contributed by atoms with van der Waals surface area (Å²) in [5, 5.41) is 8.89. The summed E-state index contributed by atoms with van der Waals surface area (Å²) in [5.41, 5.74) is 3.71. The van der Waals surface area contributed by atoms with Crippen molar-refractivity contribution in [2.45, 2.75) is 12.6 Å². The molecule has 2 aliphatic heterocycles. The van der Waals surface area contributed by atoms with Crippen molar-refractivity contribution in [3.8, 4) is 5.75 Å². The van der Waals surface area contributed by atoms with Crippen LogP contribution >= 0.6 is 0 Å². The normalized spacial score (nSPS) is 19.0. The number of benzene rings is 2. The second kappa shape index (κ2) is 8.50. The molecule has 2 heterocycles. The van der Waals surface area contributed by atoms with E-state index in [1.54, 1.807) is 28.6 Å². The van der Waals surface area contributed by atoms with Gasteiger partial charge in [-0.15, -0.1) is 0 Å². The Morgan fingerprint density at radius 1 is 1.07 bits per heavy atom. The van der Waals surface area contributed by atoms with Crippen molar-refractivity contribution in [3.05, 3.63) is 65.2 Å². The molecule has 4 rings (SSSR count). The van der Waals surface area contributed by atoms with E-state index in [9.17, 15) is 9.59 Å². The fraction of sp³-hybridized carbons (Fsp3) is 0.333. The molecule has 2 aromatic rings. The van der Waals surface area contributed by atoms with E-state index in [0.29, 0.717) is 38.6 Å². The lowest BCUT2D eigenvalue weighted by molar-refractivity contribution is 0.0362. The number of hydrogen-bond donors (Lipinski definition) is 2. The molecule has 1 saturated heterocycles. The molecule has 2 aromatic carbocycles. The number of ether oxygens (including phenoxy) is 2. The average Bonchev–Trinajstić information content (AvgIpc) is 2.98. The highest BCUT2D eigenvalue weighted by atomic mass is 16.5. The molecule has 0 spiro atoms. The molecule has 152 valence electrons. The highest BCUT2D eigenvalue weighted by Crippen LogP contribution is 2.33. The standard InChI is InChI=1S/C21H23N3O5/c25-20(22-27)16-6-7-17-13-24(21(26)23-8-10-28-11-9-23)18(14-29-19(17)12-16)15-4-2-1-3-5-15/h1-7,12,18,27H,8-11,13-14H2,(H,22,25). The van der Waals surface area contributed by atoms with Gasteiger partial charge in [0.2, 0.25) is 0 Å². The van der Waals surface area contributed by atoms with Crippen molar-refractivity contribution in [1.29, 1.82) is 0 Å². The predicted octanol–water partition coefficient (Wildman–Crippen LogP) is 2.19. The Hall–Kier alpha value is -3.10. The lowest BCUT2D eigenvalue weighted by atomic mass is 10.1. The minimum atomic E-state index is -0.610. The second-order valence-electron chi connectivity index (χ2n) is 7.01. The predicted molar refractivity (Wildman–Crippen MR) is 104 cm³/mol. The largest absolute Gasteiger partial charge is 0.491 e. The lowest BCUT2D eigenvalue weighted by Crippen LogP contribution is -2.49. The van der Waals surface area contributed by atoms with E-state index in [-0.39, 0.29) is 24.2 Å². The van der Waals surface area contributed by atoms with Crippen molar-refractivity contribution < 1.29 is 24.3 Å². The van der Waals surface area contributed by atoms with E-state index in [0.717, 1.165) is 11.1 Å². The molecule has 0 aliphatic carbocycles. The molecule has 0 saturated carbocycles. The number of nitrogens with one attached hydrogen (secondary N) is 1. The topological polar surface area (TPSA) is 91.3 Å². The molecule has 8 nitrogen and oxygen atoms in total. The third kappa shape index (κ3) is 4.03. The van der Waals surface area contributed by atoms with Gasteiger partial charge in [-0.25, -0.2) is 10.3 Å². The highest BCUT2D eigenvalue weighted by molar-refractivity contribution is 5.93. The lowest BCUT2D eigenvalue weighted by Gasteiger charge is -2.36. The molecule has 1 unspecified atom stereocenters. The molecule has 29 heavy (non-hydrogen) atoms. The van der Waals surface area contributed by atoms with Crippen LogP contribution in [0.1, 0.15) is 27.5 Å². The van der Waals surface area contributed by atoms with Gasteiger partial charge >= 0.3 is 6.03 Å². The van der Waals surface area contributed by atoms with E-state index in [1.807, 2.05) is 35.2 Å². The van der Waals surface area contributed by atoms with Gasteiger partial charge in [0.1, 0.15) is 12.4 Å². The van der Waals surface area contributed by atoms with Gasteiger partial charge in [-0.3, -0.25) is 10.0 Å². The summed E-state index contributed by atoms with van der Waals surface area (Å²) in [6.07, 6.45) is 0. The zero-order chi connectivity index (χ0) is 20.2. The van der Waals surface area contributed by atoms with Crippen LogP contribution in [0.3, 0.4) is 0 Å². The fourth-order valence-corrected chi connectivity index (χ4v) is 3.67. The summed E-state index contributed by atoms with van der Waals surface area (Å²) in [6, 6.07) is 14.4. The minimum absolute atomic E-state index is 0.0595. The maximum Gasteiger partial charge on any atom is 0.321 e. The molecular weight excluding hydrogens is 374 g/mol. The number of hydrogen-bond acceptors (Lipinski definition) is 5. The van der Waals surface area contributed by atoms with Crippen LogP contribution in [-0.2, 0) is 11.3 Å². The summed E-state index contributed by atoms with van der Waals surface area (Å²) < 4.78 is 11.4. The molecule has 0 bridgehead atoms. The average molecular weight is 397 g/mol. The van der Waals surface area contributed by atoms with Crippen LogP contribution in [0, 0.1) is 0 Å². The van der Waals surface area contributed by atoms with Crippen LogP contribution in [0.2, 0.25) is 0 Å². The number of hydroxylamine groups is 1. The summed E-state index contributed by atoms with van der Waals surface area (Å²) in [4.78, 5) is 28.7. The van der Waals surface area contributed by atoms with Crippen molar-refractivity contribution in [3.63, 3.8) is 0 Å². The smallest absolute Gasteiger partial charge is 0.321 e. The molecule has 1 atom stereocenters. The minimum Gasteiger partial charge on any atom is -0.491 e. The SMILES string of the molecule is O=C(NO)c1ccc2c(c1)OCC(c1ccccc1)N(C(=O)N1CCOCC1)C2. The van der Waals surface area contributed by atoms with Gasteiger partial charge in [0.15, 0.2) is 0 Å². The number of carbonyl (C=O) groups is 2. The van der Waals surface area contributed by atoms with Crippen molar-refractivity contribution in [1.82, 2.24) is 15.3 Å². The number of amides is 3. The van der Waals surface area contributed by atoms with Gasteiger partial charge in [0.05, 0.1) is 25.8 Å². The van der Waals surface area contributed by atoms with Crippen LogP contribution in [-0.4, -0.2) is 59.9 Å². The number of fused-ring (bicyclic) bond motifs is 1. The zero-order valence-electron chi connectivity index (χ0n) is 15.9. The molecule has 2 aliphatic rings. The first-order chi connectivity index (χ1) is 14.2. The third-order valence-electron chi connectivity index (χ3n) is 5.26. The molecule has 3 amide bonds. The Bertz CT molecular complexity index is 883. The van der Waals surface area contributed by atoms with Gasteiger partial charge in [-0.1, -0.05) is 36.4 Å². The van der Waals surface area contributed by atoms with E-state index in [2.05, 4.69) is 0 Å². The Morgan fingerprint density at radius 2 is 1.83 bits per heavy atom. The van der Waals surface area contributed by atoms with Crippen LogP contribution < -0.4 is 10.2 Å². The molecule has 1 fully saturated rings. The van der Waals surface area contributed by atoms with Crippen LogP contribution in [0.25, 0.3) is 0 Å². The Balaban J connectivity index is 1.68. The van der Waals surface area contributed by atoms with Gasteiger partial charge < -0.3 is 19.3 Å². The summed E-state index contributed by atoms with van der Waals surface area (Å²) in [7, 11) is 0. The molecule has 0 aromatic heterocycles. The van der Waals surface area contributed by atoms with Gasteiger partial charge in [0.25, 0.3) is 5.91 Å². The van der Waals surface area contributed by atoms with E-state index in [4.69, 9.17) is 14.7 Å². The Morgan fingerprint density at radius 3 is 2.55 bits per heavy atom. The van der Waals surface area contributed by atoms with Crippen molar-refractivity contribution >= 4 is 11.9 Å². The maximum atomic E-state index is 13.4. The summed E-state index contributed by atoms with van der Waals surface area (Å²) >= 11 is 0. The first-order valence-electron chi connectivity index (χ1n) is 9.56. The second-order valence-corrected chi connectivity index (χ2v) is 7.01. The summed E-state index contributed by atoms with van der Waals surface area (Å²) in [6.45, 7) is 2.79. The number of nitrogens with zero attached hydrogens (tertiary/aromatic N) is 2. The summed E-state index contributed by atoms with van der Waals surface area (Å²) in [5.74, 6) is -0.0779. The van der Waals surface area contributed by atoms with Crippen LogP contribution in [0.4, 0.5) is 4.79 Å². The van der Waals surface area contributed by atoms with Crippen LogP contribution in [0.5, 0.6) is 5.75 Å². The van der Waals surface area contributed by atoms with Crippen molar-refractivity contribution in [2.24, 2.45) is 0 Å². The fourth-order valence-electron chi connectivity index (χ4n) is 3.67. The Kier molecular flexibility index (Phi) is 5.64. The number of urea groups is 1. The van der Waals surface area contributed by atoms with Crippen molar-refractivity contribution in [2.75, 3.05) is 32.9 Å².